The number of aryl methyl sites for hydroxylation is 1. The van der Waals surface area contributed by atoms with E-state index in [2.05, 4.69) is 32.2 Å². The van der Waals surface area contributed by atoms with Gasteiger partial charge in [-0.2, -0.15) is 5.10 Å². The monoisotopic (exact) mass is 397 g/mol. The zero-order valence-electron chi connectivity index (χ0n) is 14.1. The van der Waals surface area contributed by atoms with Gasteiger partial charge in [0.15, 0.2) is 17.1 Å². The van der Waals surface area contributed by atoms with Gasteiger partial charge in [-0.1, -0.05) is 28.1 Å². The van der Waals surface area contributed by atoms with Gasteiger partial charge in [-0.05, 0) is 25.1 Å². The van der Waals surface area contributed by atoms with Crippen LogP contribution in [-0.4, -0.2) is 29.4 Å². The Morgan fingerprint density at radius 3 is 2.64 bits per heavy atom. The second-order valence-corrected chi connectivity index (χ2v) is 6.68. The summed E-state index contributed by atoms with van der Waals surface area (Å²) in [5, 5.41) is 10.2. The first-order valence-corrected chi connectivity index (χ1v) is 8.57. The number of hydrogen-bond acceptors (Lipinski definition) is 4. The van der Waals surface area contributed by atoms with Crippen molar-refractivity contribution in [1.29, 1.82) is 0 Å². The fourth-order valence-electron chi connectivity index (χ4n) is 3.28. The number of benzene rings is 2. The molecule has 0 aliphatic heterocycles. The molecule has 0 saturated carbocycles. The predicted molar refractivity (Wildman–Crippen MR) is 102 cm³/mol. The summed E-state index contributed by atoms with van der Waals surface area (Å²) in [6.07, 6.45) is 1.80. The molecule has 6 heteroatoms. The van der Waals surface area contributed by atoms with Crippen LogP contribution >= 0.6 is 15.9 Å². The van der Waals surface area contributed by atoms with E-state index in [-0.39, 0.29) is 0 Å². The van der Waals surface area contributed by atoms with Crippen LogP contribution in [0.25, 0.3) is 33.1 Å². The van der Waals surface area contributed by atoms with Gasteiger partial charge in [0.05, 0.1) is 26.1 Å². The Labute approximate surface area is 153 Å². The highest BCUT2D eigenvalue weighted by Crippen LogP contribution is 2.42. The number of H-pyrrole nitrogens is 1. The maximum absolute atomic E-state index is 5.58. The summed E-state index contributed by atoms with van der Waals surface area (Å²) in [7, 11) is 3.30. The summed E-state index contributed by atoms with van der Waals surface area (Å²) in [6, 6.07) is 10.1. The van der Waals surface area contributed by atoms with Gasteiger partial charge in [-0.3, -0.25) is 5.10 Å². The summed E-state index contributed by atoms with van der Waals surface area (Å²) in [5.41, 5.74) is 3.64. The summed E-state index contributed by atoms with van der Waals surface area (Å²) in [6.45, 7) is 2.03. The lowest BCUT2D eigenvalue weighted by Crippen LogP contribution is -1.97. The molecule has 0 amide bonds. The van der Waals surface area contributed by atoms with Crippen molar-refractivity contribution >= 4 is 37.7 Å². The van der Waals surface area contributed by atoms with E-state index in [0.717, 1.165) is 48.8 Å². The standard InChI is InChI=1S/C19H16BrN3O2/c1-10-16-13(8-15(24-2)18(10)25-3)17(11-5-4-6-12(20)7-11)22-19-14(16)9-21-23-19/h4-9H,1-3H3,(H,21,22,23). The van der Waals surface area contributed by atoms with Gasteiger partial charge in [-0.15, -0.1) is 0 Å². The van der Waals surface area contributed by atoms with Crippen molar-refractivity contribution in [1.82, 2.24) is 15.2 Å². The number of aromatic amines is 1. The summed E-state index contributed by atoms with van der Waals surface area (Å²) >= 11 is 3.54. The molecule has 0 bridgehead atoms. The lowest BCUT2D eigenvalue weighted by atomic mass is 9.97. The lowest BCUT2D eigenvalue weighted by molar-refractivity contribution is 0.354. The number of pyridine rings is 1. The number of rotatable bonds is 3. The van der Waals surface area contributed by atoms with Gasteiger partial charge in [-0.25, -0.2) is 4.98 Å². The van der Waals surface area contributed by atoms with Crippen LogP contribution in [0.2, 0.25) is 0 Å². The van der Waals surface area contributed by atoms with E-state index in [1.165, 1.54) is 0 Å². The molecular formula is C19H16BrN3O2. The van der Waals surface area contributed by atoms with Crippen molar-refractivity contribution in [3.05, 3.63) is 46.6 Å². The van der Waals surface area contributed by atoms with Gasteiger partial charge in [0.25, 0.3) is 0 Å². The molecule has 25 heavy (non-hydrogen) atoms. The minimum atomic E-state index is 0.688. The third kappa shape index (κ3) is 2.44. The molecule has 0 unspecified atom stereocenters. The van der Waals surface area contributed by atoms with Crippen molar-refractivity contribution in [2.24, 2.45) is 0 Å². The first kappa shape index (κ1) is 15.9. The molecule has 0 radical (unpaired) electrons. The number of halogens is 1. The number of ether oxygens (including phenoxy) is 2. The molecule has 4 rings (SSSR count). The highest BCUT2D eigenvalue weighted by atomic mass is 79.9. The molecule has 126 valence electrons. The van der Waals surface area contributed by atoms with Crippen molar-refractivity contribution < 1.29 is 9.47 Å². The van der Waals surface area contributed by atoms with E-state index < -0.39 is 0 Å². The molecular weight excluding hydrogens is 382 g/mol. The lowest BCUT2D eigenvalue weighted by Gasteiger charge is -2.16. The maximum atomic E-state index is 5.58. The Hall–Kier alpha value is -2.60. The largest absolute Gasteiger partial charge is 0.493 e. The maximum Gasteiger partial charge on any atom is 0.164 e. The van der Waals surface area contributed by atoms with Crippen molar-refractivity contribution in [3.63, 3.8) is 0 Å². The molecule has 2 aromatic heterocycles. The molecule has 4 aromatic rings. The molecule has 1 N–H and O–H groups in total. The number of aromatic nitrogens is 3. The molecule has 0 aliphatic rings. The summed E-state index contributed by atoms with van der Waals surface area (Å²) in [5.74, 6) is 1.41. The van der Waals surface area contributed by atoms with Crippen molar-refractivity contribution in [3.8, 4) is 22.8 Å². The van der Waals surface area contributed by atoms with Gasteiger partial charge in [0.2, 0.25) is 0 Å². The first-order chi connectivity index (χ1) is 12.1. The average molecular weight is 398 g/mol. The average Bonchev–Trinajstić information content (AvgIpc) is 3.08. The van der Waals surface area contributed by atoms with Crippen LogP contribution in [-0.2, 0) is 0 Å². The van der Waals surface area contributed by atoms with Crippen LogP contribution < -0.4 is 9.47 Å². The molecule has 0 aliphatic carbocycles. The second-order valence-electron chi connectivity index (χ2n) is 5.76. The topological polar surface area (TPSA) is 60.0 Å². The van der Waals surface area contributed by atoms with Crippen LogP contribution in [0.4, 0.5) is 0 Å². The van der Waals surface area contributed by atoms with Crippen LogP contribution in [0.5, 0.6) is 11.5 Å². The van der Waals surface area contributed by atoms with E-state index in [4.69, 9.17) is 14.5 Å². The quantitative estimate of drug-likeness (QED) is 0.535. The predicted octanol–water partition coefficient (Wildman–Crippen LogP) is 4.87. The van der Waals surface area contributed by atoms with Gasteiger partial charge in [0.1, 0.15) is 0 Å². The Morgan fingerprint density at radius 1 is 1.08 bits per heavy atom. The Bertz CT molecular complexity index is 1100. The second kappa shape index (κ2) is 6.04. The van der Waals surface area contributed by atoms with Crippen molar-refractivity contribution in [2.75, 3.05) is 14.2 Å². The number of nitrogens with one attached hydrogen (secondary N) is 1. The third-order valence-corrected chi connectivity index (χ3v) is 4.87. The van der Waals surface area contributed by atoms with E-state index in [1.54, 1.807) is 20.4 Å². The molecule has 0 saturated heterocycles. The first-order valence-electron chi connectivity index (χ1n) is 7.78. The Kier molecular flexibility index (Phi) is 3.84. The fraction of sp³-hybridized carbons (Fsp3) is 0.158. The van der Waals surface area contributed by atoms with E-state index in [1.807, 2.05) is 31.2 Å². The normalized spacial score (nSPS) is 11.2. The fourth-order valence-corrected chi connectivity index (χ4v) is 3.68. The van der Waals surface area contributed by atoms with E-state index in [0.29, 0.717) is 5.75 Å². The summed E-state index contributed by atoms with van der Waals surface area (Å²) < 4.78 is 12.1. The van der Waals surface area contributed by atoms with Crippen LogP contribution in [0.3, 0.4) is 0 Å². The molecule has 5 nitrogen and oxygen atoms in total. The van der Waals surface area contributed by atoms with Crippen molar-refractivity contribution in [2.45, 2.75) is 6.92 Å². The SMILES string of the molecule is COc1cc2c(-c3cccc(Br)c3)nc3[nH]ncc3c2c(C)c1OC. The molecule has 0 spiro atoms. The smallest absolute Gasteiger partial charge is 0.164 e. The molecule has 0 fully saturated rings. The highest BCUT2D eigenvalue weighted by Gasteiger charge is 2.19. The number of nitrogens with zero attached hydrogens (tertiary/aromatic N) is 2. The third-order valence-electron chi connectivity index (χ3n) is 4.37. The van der Waals surface area contributed by atoms with Crippen LogP contribution in [0.1, 0.15) is 5.56 Å². The molecule has 2 aromatic carbocycles. The minimum absolute atomic E-state index is 0.688. The van der Waals surface area contributed by atoms with Gasteiger partial charge in [0, 0.05) is 31.8 Å². The van der Waals surface area contributed by atoms with Gasteiger partial charge >= 0.3 is 0 Å². The van der Waals surface area contributed by atoms with E-state index >= 15 is 0 Å². The molecule has 2 heterocycles. The van der Waals surface area contributed by atoms with Crippen LogP contribution in [0.15, 0.2) is 41.0 Å². The van der Waals surface area contributed by atoms with E-state index in [9.17, 15) is 0 Å². The number of methoxy groups -OCH3 is 2. The minimum Gasteiger partial charge on any atom is -0.493 e. The Morgan fingerprint density at radius 2 is 1.92 bits per heavy atom. The summed E-state index contributed by atoms with van der Waals surface area (Å²) in [4.78, 5) is 4.81. The molecule has 0 atom stereocenters. The highest BCUT2D eigenvalue weighted by molar-refractivity contribution is 9.10. The number of fused-ring (bicyclic) bond motifs is 3. The Balaban J connectivity index is 2.20. The number of hydrogen-bond donors (Lipinski definition) is 1. The zero-order chi connectivity index (χ0) is 17.6. The van der Waals surface area contributed by atoms with Crippen LogP contribution in [0, 0.1) is 6.92 Å². The van der Waals surface area contributed by atoms with Gasteiger partial charge < -0.3 is 9.47 Å². The zero-order valence-corrected chi connectivity index (χ0v) is 15.6.